The Hall–Kier alpha value is -2.73. The van der Waals surface area contributed by atoms with Gasteiger partial charge >= 0.3 is 5.97 Å². The summed E-state index contributed by atoms with van der Waals surface area (Å²) in [6, 6.07) is 12.5. The van der Waals surface area contributed by atoms with E-state index in [-0.39, 0.29) is 30.8 Å². The molecule has 0 atom stereocenters. The molecule has 5 nitrogen and oxygen atoms in total. The highest BCUT2D eigenvalue weighted by molar-refractivity contribution is 6.00. The Labute approximate surface area is 182 Å². The number of nitrogens with zero attached hydrogens (tertiary/aromatic N) is 1. The Morgan fingerprint density at radius 1 is 1.06 bits per heavy atom. The monoisotopic (exact) mass is 425 g/mol. The van der Waals surface area contributed by atoms with E-state index in [1.54, 1.807) is 13.8 Å². The van der Waals surface area contributed by atoms with E-state index in [1.165, 1.54) is 12.1 Å². The quantitative estimate of drug-likeness (QED) is 0.533. The lowest BCUT2D eigenvalue weighted by atomic mass is 10.1. The van der Waals surface area contributed by atoms with Crippen molar-refractivity contribution in [2.45, 2.75) is 51.7 Å². The van der Waals surface area contributed by atoms with Crippen molar-refractivity contribution in [2.24, 2.45) is 0 Å². The van der Waals surface area contributed by atoms with Crippen LogP contribution in [0.3, 0.4) is 0 Å². The van der Waals surface area contributed by atoms with Gasteiger partial charge < -0.3 is 14.5 Å². The van der Waals surface area contributed by atoms with Crippen LogP contribution >= 0.6 is 0 Å². The molecular formula is C25H30FN2O3+. The number of benzene rings is 2. The second-order valence-electron chi connectivity index (χ2n) is 9.00. The number of carbonyl (C=O) groups excluding carboxylic acids is 2. The molecule has 2 aliphatic rings. The average Bonchev–Trinajstić information content (AvgIpc) is 3.44. The van der Waals surface area contributed by atoms with Crippen LogP contribution in [0.5, 0.6) is 0 Å². The molecule has 0 aromatic heterocycles. The first-order valence-electron chi connectivity index (χ1n) is 11.0. The number of hydrogen-bond donors (Lipinski definition) is 1. The molecule has 0 radical (unpaired) electrons. The number of nitrogens with one attached hydrogen (secondary N) is 1. The fourth-order valence-corrected chi connectivity index (χ4v) is 5.08. The van der Waals surface area contributed by atoms with Gasteiger partial charge in [-0.3, -0.25) is 4.79 Å². The van der Waals surface area contributed by atoms with Crippen molar-refractivity contribution in [1.29, 1.82) is 0 Å². The summed E-state index contributed by atoms with van der Waals surface area (Å²) in [5.41, 5.74) is 2.43. The van der Waals surface area contributed by atoms with Crippen LogP contribution in [0.2, 0.25) is 0 Å². The number of esters is 1. The van der Waals surface area contributed by atoms with E-state index < -0.39 is 5.54 Å². The summed E-state index contributed by atoms with van der Waals surface area (Å²) in [6.45, 7) is 5.65. The van der Waals surface area contributed by atoms with Crippen LogP contribution in [0.25, 0.3) is 0 Å². The number of rotatable bonds is 7. The largest absolute Gasteiger partial charge is 0.457 e. The van der Waals surface area contributed by atoms with Gasteiger partial charge in [0, 0.05) is 31.4 Å². The van der Waals surface area contributed by atoms with Gasteiger partial charge in [0.2, 0.25) is 0 Å². The summed E-state index contributed by atoms with van der Waals surface area (Å²) in [7, 11) is 0. The molecule has 1 heterocycles. The molecule has 1 saturated carbocycles. The van der Waals surface area contributed by atoms with Crippen molar-refractivity contribution in [3.05, 3.63) is 65.0 Å². The van der Waals surface area contributed by atoms with Crippen LogP contribution in [-0.2, 0) is 20.9 Å². The number of aryl methyl sites for hydroxylation is 2. The maximum Gasteiger partial charge on any atom is 0.362 e. The van der Waals surface area contributed by atoms with E-state index in [4.69, 9.17) is 4.74 Å². The van der Waals surface area contributed by atoms with E-state index in [1.807, 2.05) is 30.3 Å². The van der Waals surface area contributed by atoms with Gasteiger partial charge in [0.05, 0.1) is 13.1 Å². The zero-order valence-electron chi connectivity index (χ0n) is 18.2. The number of halogens is 1. The van der Waals surface area contributed by atoms with Crippen molar-refractivity contribution < 1.29 is 23.2 Å². The Balaban J connectivity index is 1.49. The van der Waals surface area contributed by atoms with Gasteiger partial charge in [-0.25, -0.2) is 9.18 Å². The van der Waals surface area contributed by atoms with Crippen LogP contribution in [0, 0.1) is 19.7 Å². The van der Waals surface area contributed by atoms with Crippen molar-refractivity contribution in [1.82, 2.24) is 0 Å². The molecule has 2 aromatic carbocycles. The molecule has 0 unspecified atom stereocenters. The van der Waals surface area contributed by atoms with Crippen molar-refractivity contribution in [3.63, 3.8) is 0 Å². The zero-order valence-corrected chi connectivity index (χ0v) is 18.2. The molecule has 31 heavy (non-hydrogen) atoms. The highest BCUT2D eigenvalue weighted by Gasteiger charge is 2.67. The van der Waals surface area contributed by atoms with Gasteiger partial charge in [0.25, 0.3) is 5.91 Å². The molecule has 4 rings (SSSR count). The molecule has 164 valence electrons. The molecule has 0 spiro atoms. The molecule has 2 aromatic rings. The molecule has 1 amide bonds. The second-order valence-corrected chi connectivity index (χ2v) is 9.00. The van der Waals surface area contributed by atoms with Gasteiger partial charge in [0.15, 0.2) is 12.1 Å². The van der Waals surface area contributed by atoms with Gasteiger partial charge in [-0.1, -0.05) is 30.3 Å². The van der Waals surface area contributed by atoms with Crippen LogP contribution < -0.4 is 5.32 Å². The SMILES string of the molecule is Cc1cc(F)cc(C)c1NC(=O)C1([N+]2(CC(=O)OCc3ccccc3)CCCC2)CC1. The lowest BCUT2D eigenvalue weighted by molar-refractivity contribution is -0.934. The van der Waals surface area contributed by atoms with Gasteiger partial charge in [0.1, 0.15) is 12.4 Å². The third kappa shape index (κ3) is 4.22. The van der Waals surface area contributed by atoms with E-state index in [9.17, 15) is 14.0 Å². The van der Waals surface area contributed by atoms with Crippen molar-refractivity contribution >= 4 is 17.6 Å². The van der Waals surface area contributed by atoms with Gasteiger partial charge in [-0.15, -0.1) is 0 Å². The summed E-state index contributed by atoms with van der Waals surface area (Å²) in [5, 5.41) is 3.07. The fraction of sp³-hybridized carbons (Fsp3) is 0.440. The van der Waals surface area contributed by atoms with E-state index in [0.717, 1.165) is 44.3 Å². The lowest BCUT2D eigenvalue weighted by Gasteiger charge is -2.40. The van der Waals surface area contributed by atoms with Crippen LogP contribution in [-0.4, -0.2) is 41.5 Å². The predicted octanol–water partition coefficient (Wildman–Crippen LogP) is 4.27. The highest BCUT2D eigenvalue weighted by atomic mass is 19.1. The minimum absolute atomic E-state index is 0.0666. The van der Waals surface area contributed by atoms with Gasteiger partial charge in [-0.05, 0) is 42.7 Å². The fourth-order valence-electron chi connectivity index (χ4n) is 5.08. The van der Waals surface area contributed by atoms with Crippen molar-refractivity contribution in [3.8, 4) is 0 Å². The second kappa shape index (κ2) is 8.42. The molecule has 1 aliphatic carbocycles. The molecular weight excluding hydrogens is 395 g/mol. The van der Waals surface area contributed by atoms with Crippen LogP contribution in [0.4, 0.5) is 10.1 Å². The average molecular weight is 426 g/mol. The minimum Gasteiger partial charge on any atom is -0.457 e. The summed E-state index contributed by atoms with van der Waals surface area (Å²) in [4.78, 5) is 26.2. The molecule has 1 aliphatic heterocycles. The number of quaternary nitrogens is 1. The van der Waals surface area contributed by atoms with Gasteiger partial charge in [-0.2, -0.15) is 0 Å². The third-order valence-electron chi connectivity index (χ3n) is 6.89. The van der Waals surface area contributed by atoms with E-state index >= 15 is 0 Å². The number of hydrogen-bond acceptors (Lipinski definition) is 3. The molecule has 0 bridgehead atoms. The lowest BCUT2D eigenvalue weighted by Crippen LogP contribution is -2.62. The molecule has 2 fully saturated rings. The van der Waals surface area contributed by atoms with Crippen molar-refractivity contribution in [2.75, 3.05) is 25.0 Å². The van der Waals surface area contributed by atoms with E-state index in [2.05, 4.69) is 5.32 Å². The summed E-state index contributed by atoms with van der Waals surface area (Å²) < 4.78 is 19.7. The Bertz CT molecular complexity index is 957. The van der Waals surface area contributed by atoms with Crippen LogP contribution in [0.15, 0.2) is 42.5 Å². The molecule has 1 N–H and O–H groups in total. The minimum atomic E-state index is -0.602. The topological polar surface area (TPSA) is 55.4 Å². The summed E-state index contributed by atoms with van der Waals surface area (Å²) in [6.07, 6.45) is 3.50. The summed E-state index contributed by atoms with van der Waals surface area (Å²) in [5.74, 6) is -0.639. The Morgan fingerprint density at radius 2 is 1.68 bits per heavy atom. The number of anilines is 1. The Kier molecular flexibility index (Phi) is 5.84. The smallest absolute Gasteiger partial charge is 0.362 e. The predicted molar refractivity (Wildman–Crippen MR) is 117 cm³/mol. The summed E-state index contributed by atoms with van der Waals surface area (Å²) >= 11 is 0. The number of amides is 1. The maximum atomic E-state index is 13.7. The first kappa shape index (κ1) is 21.5. The first-order chi connectivity index (χ1) is 14.9. The van der Waals surface area contributed by atoms with E-state index in [0.29, 0.717) is 21.3 Å². The third-order valence-corrected chi connectivity index (χ3v) is 6.89. The zero-order chi connectivity index (χ0) is 22.1. The normalized spacial score (nSPS) is 18.4. The molecule has 6 heteroatoms. The number of likely N-dealkylation sites (tertiary alicyclic amines) is 1. The first-order valence-corrected chi connectivity index (χ1v) is 11.0. The number of ether oxygens (including phenoxy) is 1. The maximum absolute atomic E-state index is 13.7. The van der Waals surface area contributed by atoms with Crippen LogP contribution in [0.1, 0.15) is 42.4 Å². The molecule has 1 saturated heterocycles. The standard InChI is InChI=1S/C25H29FN2O3/c1-18-14-21(26)15-19(2)23(18)27-24(30)25(10-11-25)28(12-6-7-13-28)16-22(29)31-17-20-8-4-3-5-9-20/h3-5,8-9,14-15H,6-7,10-13,16-17H2,1-2H3/p+1. The highest BCUT2D eigenvalue weighted by Crippen LogP contribution is 2.50. The Morgan fingerprint density at radius 3 is 2.26 bits per heavy atom. The number of carbonyl (C=O) groups is 2.